The second-order valence-corrected chi connectivity index (χ2v) is 8.63. The van der Waals surface area contributed by atoms with E-state index >= 15 is 0 Å². The molecule has 1 aromatic carbocycles. The van der Waals surface area contributed by atoms with E-state index in [4.69, 9.17) is 18.9 Å². The highest BCUT2D eigenvalue weighted by Gasteiger charge is 2.47. The molecule has 0 radical (unpaired) electrons. The monoisotopic (exact) mass is 336 g/mol. The lowest BCUT2D eigenvalue weighted by molar-refractivity contribution is -0.0501. The minimum absolute atomic E-state index is 0.216. The van der Waals surface area contributed by atoms with Gasteiger partial charge in [-0.3, -0.25) is 0 Å². The maximum Gasteiger partial charge on any atom is 0.246 e. The normalized spacial score (nSPS) is 19.8. The van der Waals surface area contributed by atoms with Crippen molar-refractivity contribution in [3.8, 4) is 33.8 Å². The van der Waals surface area contributed by atoms with Crippen LogP contribution < -0.4 is 18.9 Å². The molecule has 0 fully saturated rings. The Morgan fingerprint density at radius 2 is 1.39 bits per heavy atom. The summed E-state index contributed by atoms with van der Waals surface area (Å²) in [4.78, 5) is 0.216. The molecule has 0 aromatic heterocycles. The van der Waals surface area contributed by atoms with E-state index in [9.17, 15) is 15.6 Å². The van der Waals surface area contributed by atoms with E-state index in [-0.39, 0.29) is 16.4 Å². The van der Waals surface area contributed by atoms with Crippen molar-refractivity contribution in [3.63, 3.8) is 0 Å². The Bertz CT molecular complexity index is 719. The number of fused-ring (bicyclic) bond motifs is 2. The molecule has 7 nitrogen and oxygen atoms in total. The number of thiocyanates is 2. The lowest BCUT2D eigenvalue weighted by Crippen LogP contribution is -2.31. The molecule has 0 bridgehead atoms. The van der Waals surface area contributed by atoms with Crippen molar-refractivity contribution in [1.29, 1.82) is 10.5 Å². The summed E-state index contributed by atoms with van der Waals surface area (Å²) in [5.74, 6) is -1.30. The Morgan fingerprint density at radius 1 is 0.957 bits per heavy atom. The van der Waals surface area contributed by atoms with Gasteiger partial charge in [-0.2, -0.15) is 10.5 Å². The van der Waals surface area contributed by atoms with Crippen molar-refractivity contribution in [1.82, 2.24) is 0 Å². The lowest BCUT2D eigenvalue weighted by atomic mass is 10.3. The summed E-state index contributed by atoms with van der Waals surface area (Å²) in [5, 5.41) is 32.8. The molecular formula is C15H16N2O5S. The molecule has 2 aliphatic rings. The first-order valence-corrected chi connectivity index (χ1v) is 8.68. The fraction of sp³-hybridized carbons (Fsp3) is 0.467. The molecule has 0 saturated carbocycles. The zero-order valence-corrected chi connectivity index (χ0v) is 14.0. The Morgan fingerprint density at radius 3 is 1.74 bits per heavy atom. The number of nitriles is 2. The van der Waals surface area contributed by atoms with Crippen molar-refractivity contribution < 1.29 is 24.1 Å². The van der Waals surface area contributed by atoms with E-state index in [1.807, 2.05) is 10.8 Å². The van der Waals surface area contributed by atoms with Crippen LogP contribution in [0.15, 0.2) is 11.0 Å². The van der Waals surface area contributed by atoms with Gasteiger partial charge in [-0.25, -0.2) is 0 Å². The second kappa shape index (κ2) is 4.60. The standard InChI is InChI=1S/C15H16N2O5S/c1-14(2)19-9-5-10-12(22-15(3,4)20-10)13(11(9)21-14)23(6-16,7-17)8-18/h5,18H,8H2,1-4H3. The Hall–Kier alpha value is -2.29. The van der Waals surface area contributed by atoms with Crippen LogP contribution in [0.3, 0.4) is 0 Å². The fourth-order valence-electron chi connectivity index (χ4n) is 2.54. The van der Waals surface area contributed by atoms with Crippen molar-refractivity contribution in [2.45, 2.75) is 44.2 Å². The van der Waals surface area contributed by atoms with Crippen LogP contribution in [0.2, 0.25) is 0 Å². The van der Waals surface area contributed by atoms with Gasteiger partial charge >= 0.3 is 0 Å². The number of aliphatic hydroxyl groups excluding tert-OH is 1. The van der Waals surface area contributed by atoms with Gasteiger partial charge in [0, 0.05) is 33.8 Å². The lowest BCUT2D eigenvalue weighted by Gasteiger charge is -2.25. The van der Waals surface area contributed by atoms with Crippen LogP contribution in [0.1, 0.15) is 27.7 Å². The first-order chi connectivity index (χ1) is 10.7. The molecule has 0 saturated heterocycles. The molecule has 0 amide bonds. The van der Waals surface area contributed by atoms with E-state index in [1.54, 1.807) is 33.8 Å². The average molecular weight is 336 g/mol. The number of ether oxygens (including phenoxy) is 4. The van der Waals surface area contributed by atoms with E-state index in [0.29, 0.717) is 11.5 Å². The Kier molecular flexibility index (Phi) is 3.12. The molecule has 0 unspecified atom stereocenters. The number of hydrogen-bond acceptors (Lipinski definition) is 7. The quantitative estimate of drug-likeness (QED) is 0.828. The Labute approximate surface area is 135 Å². The van der Waals surface area contributed by atoms with E-state index in [1.165, 1.54) is 0 Å². The van der Waals surface area contributed by atoms with Crippen LogP contribution >= 0.6 is 10.0 Å². The van der Waals surface area contributed by atoms with Crippen molar-refractivity contribution >= 4 is 10.0 Å². The summed E-state index contributed by atoms with van der Waals surface area (Å²) in [7, 11) is -2.88. The van der Waals surface area contributed by atoms with Gasteiger partial charge in [0.25, 0.3) is 0 Å². The number of rotatable bonds is 2. The maximum atomic E-state index is 9.75. The third kappa shape index (κ3) is 2.23. The fourth-order valence-corrected chi connectivity index (χ4v) is 3.92. The molecule has 2 heterocycles. The molecule has 0 spiro atoms. The molecule has 0 aliphatic carbocycles. The van der Waals surface area contributed by atoms with Crippen LogP contribution in [-0.4, -0.2) is 22.6 Å². The summed E-state index contributed by atoms with van der Waals surface area (Å²) in [6, 6.07) is 1.62. The van der Waals surface area contributed by atoms with Crippen molar-refractivity contribution in [2.24, 2.45) is 0 Å². The van der Waals surface area contributed by atoms with Crippen LogP contribution in [0.4, 0.5) is 0 Å². The largest absolute Gasteiger partial charge is 0.449 e. The van der Waals surface area contributed by atoms with Crippen LogP contribution in [0, 0.1) is 21.3 Å². The smallest absolute Gasteiger partial charge is 0.246 e. The zero-order valence-electron chi connectivity index (χ0n) is 13.2. The minimum atomic E-state index is -2.88. The highest BCUT2D eigenvalue weighted by molar-refractivity contribution is 8.41. The van der Waals surface area contributed by atoms with Gasteiger partial charge in [0.1, 0.15) is 21.6 Å². The molecule has 1 aromatic rings. The average Bonchev–Trinajstić information content (AvgIpc) is 2.92. The van der Waals surface area contributed by atoms with E-state index in [0.717, 1.165) is 0 Å². The third-order valence-electron chi connectivity index (χ3n) is 3.38. The molecule has 0 atom stereocenters. The maximum absolute atomic E-state index is 9.75. The second-order valence-electron chi connectivity index (χ2n) is 6.12. The Balaban J connectivity index is 2.32. The molecule has 8 heteroatoms. The van der Waals surface area contributed by atoms with Crippen molar-refractivity contribution in [2.75, 3.05) is 5.94 Å². The number of hydrogen-bond donors (Lipinski definition) is 1. The highest BCUT2D eigenvalue weighted by Crippen LogP contribution is 2.67. The van der Waals surface area contributed by atoms with Crippen LogP contribution in [0.5, 0.6) is 23.0 Å². The minimum Gasteiger partial charge on any atom is -0.449 e. The van der Waals surface area contributed by atoms with Gasteiger partial charge in [-0.15, -0.1) is 0 Å². The predicted octanol–water partition coefficient (Wildman–Crippen LogP) is 2.78. The highest BCUT2D eigenvalue weighted by atomic mass is 32.3. The first kappa shape index (κ1) is 15.6. The van der Waals surface area contributed by atoms with Gasteiger partial charge in [0.15, 0.2) is 23.0 Å². The summed E-state index contributed by atoms with van der Waals surface area (Å²) in [6.45, 7) is 6.84. The molecular weight excluding hydrogens is 320 g/mol. The first-order valence-electron chi connectivity index (χ1n) is 6.87. The van der Waals surface area contributed by atoms with Gasteiger partial charge in [-0.05, 0) is 10.0 Å². The third-order valence-corrected chi connectivity index (χ3v) is 5.46. The number of benzene rings is 1. The predicted molar refractivity (Wildman–Crippen MR) is 81.3 cm³/mol. The molecule has 2 aliphatic heterocycles. The molecule has 3 rings (SSSR count). The van der Waals surface area contributed by atoms with Crippen molar-refractivity contribution in [3.05, 3.63) is 6.07 Å². The SMILES string of the molecule is CC1(C)Oc2cc3c(c(S(C#N)(C#N)CO)c2O1)OC(C)(C)O3. The van der Waals surface area contributed by atoms with Crippen LogP contribution in [-0.2, 0) is 0 Å². The van der Waals surface area contributed by atoms with Crippen LogP contribution in [0.25, 0.3) is 0 Å². The molecule has 23 heavy (non-hydrogen) atoms. The van der Waals surface area contributed by atoms with Gasteiger partial charge in [0.2, 0.25) is 11.6 Å². The van der Waals surface area contributed by atoms with Gasteiger partial charge in [-0.1, -0.05) is 0 Å². The topological polar surface area (TPSA) is 105 Å². The summed E-state index contributed by atoms with van der Waals surface area (Å²) >= 11 is 0. The van der Waals surface area contributed by atoms with E-state index < -0.39 is 27.5 Å². The summed E-state index contributed by atoms with van der Waals surface area (Å²) in [6.07, 6.45) is 0. The zero-order chi connectivity index (χ0) is 17.0. The molecule has 122 valence electrons. The van der Waals surface area contributed by atoms with Gasteiger partial charge < -0.3 is 24.1 Å². The van der Waals surface area contributed by atoms with E-state index in [2.05, 4.69) is 0 Å². The molecule has 1 N–H and O–H groups in total. The van der Waals surface area contributed by atoms with Gasteiger partial charge in [0.05, 0.1) is 0 Å². The number of aliphatic hydroxyl groups is 1. The summed E-state index contributed by atoms with van der Waals surface area (Å²) in [5.41, 5.74) is 0. The number of nitrogens with zero attached hydrogens (tertiary/aromatic N) is 2. The summed E-state index contributed by atoms with van der Waals surface area (Å²) < 4.78 is 23.0.